The monoisotopic (exact) mass is 314 g/mol. The SMILES string of the molecule is CC(C(=O)O)[SH](C=S)(C=S)(C=S)CCC(=O)O. The normalized spacial score (nSPS) is 15.0. The number of hydrogen-bond donors (Lipinski definition) is 3. The van der Waals surface area contributed by atoms with Crippen LogP contribution in [0.25, 0.3) is 0 Å². The summed E-state index contributed by atoms with van der Waals surface area (Å²) in [5.41, 5.74) is 0. The molecule has 1 unspecified atom stereocenters. The van der Waals surface area contributed by atoms with Gasteiger partial charge in [0.25, 0.3) is 0 Å². The van der Waals surface area contributed by atoms with E-state index in [4.69, 9.17) is 46.9 Å². The number of rotatable bonds is 8. The van der Waals surface area contributed by atoms with E-state index in [-0.39, 0.29) is 12.2 Å². The summed E-state index contributed by atoms with van der Waals surface area (Å²) in [5.74, 6) is -2.02. The van der Waals surface area contributed by atoms with E-state index in [0.717, 1.165) is 0 Å². The molecule has 1 atom stereocenters. The predicted molar refractivity (Wildman–Crippen MR) is 84.2 cm³/mol. The summed E-state index contributed by atoms with van der Waals surface area (Å²) in [6, 6.07) is 0. The van der Waals surface area contributed by atoms with Gasteiger partial charge < -0.3 is 10.2 Å². The van der Waals surface area contributed by atoms with Crippen molar-refractivity contribution in [2.24, 2.45) is 0 Å². The van der Waals surface area contributed by atoms with E-state index in [0.29, 0.717) is 0 Å². The molecule has 0 saturated heterocycles. The summed E-state index contributed by atoms with van der Waals surface area (Å²) in [6.45, 7) is 1.47. The van der Waals surface area contributed by atoms with Crippen LogP contribution in [0.3, 0.4) is 0 Å². The van der Waals surface area contributed by atoms with Gasteiger partial charge in [-0.15, -0.1) is 0 Å². The van der Waals surface area contributed by atoms with Crippen molar-refractivity contribution in [2.45, 2.75) is 18.6 Å². The number of carboxylic acid groups (broad SMARTS) is 2. The molecule has 0 aliphatic carbocycles. The first kappa shape index (κ1) is 16.6. The lowest BCUT2D eigenvalue weighted by Gasteiger charge is -2.54. The molecule has 0 spiro atoms. The maximum absolute atomic E-state index is 11.2. The Bertz CT molecular complexity index is 355. The molecule has 0 radical (unpaired) electrons. The number of aliphatic carboxylic acids is 2. The maximum atomic E-state index is 11.2. The molecule has 4 nitrogen and oxygen atoms in total. The van der Waals surface area contributed by atoms with Crippen LogP contribution in [-0.2, 0) is 9.59 Å². The van der Waals surface area contributed by atoms with Gasteiger partial charge in [0.15, 0.2) is 0 Å². The van der Waals surface area contributed by atoms with Gasteiger partial charge in [-0.3, -0.25) is 9.59 Å². The summed E-state index contributed by atoms with van der Waals surface area (Å²) in [5, 5.41) is 17.0. The zero-order valence-electron chi connectivity index (χ0n) is 9.11. The third kappa shape index (κ3) is 3.06. The quantitative estimate of drug-likeness (QED) is 0.466. The molecule has 98 valence electrons. The standard InChI is InChI=1S/C9H14O4S4/c1-7(9(12)13)17(4-14,5-15,6-16)3-2-8(10)11/h4-7,17H,2-3H2,1H3,(H,10,11)(H,12,13). The van der Waals surface area contributed by atoms with Crippen LogP contribution in [0.4, 0.5) is 0 Å². The van der Waals surface area contributed by atoms with E-state index in [1.54, 1.807) is 0 Å². The third-order valence-electron chi connectivity index (χ3n) is 2.92. The molecule has 2 N–H and O–H groups in total. The molecule has 0 amide bonds. The topological polar surface area (TPSA) is 74.6 Å². The number of hydrogen-bond acceptors (Lipinski definition) is 5. The lowest BCUT2D eigenvalue weighted by atomic mass is 10.5. The second kappa shape index (κ2) is 5.94. The number of thiol groups is 1. The van der Waals surface area contributed by atoms with Crippen molar-refractivity contribution in [3.8, 4) is 0 Å². The lowest BCUT2D eigenvalue weighted by molar-refractivity contribution is -0.137. The molecule has 0 aliphatic heterocycles. The Labute approximate surface area is 116 Å². The molecule has 0 aromatic carbocycles. The van der Waals surface area contributed by atoms with E-state index in [1.807, 2.05) is 0 Å². The largest absolute Gasteiger partial charge is 0.481 e. The van der Waals surface area contributed by atoms with Crippen molar-refractivity contribution < 1.29 is 19.8 Å². The molecule has 8 heteroatoms. The highest BCUT2D eigenvalue weighted by molar-refractivity contribution is 8.82. The van der Waals surface area contributed by atoms with Gasteiger partial charge in [0.1, 0.15) is 0 Å². The van der Waals surface area contributed by atoms with Crippen LogP contribution in [0.15, 0.2) is 0 Å². The molecule has 0 fully saturated rings. The molecule has 0 aromatic heterocycles. The van der Waals surface area contributed by atoms with Gasteiger partial charge >= 0.3 is 11.9 Å². The Morgan fingerprint density at radius 3 is 1.82 bits per heavy atom. The van der Waals surface area contributed by atoms with Gasteiger partial charge in [0.2, 0.25) is 0 Å². The van der Waals surface area contributed by atoms with Crippen LogP contribution in [-0.4, -0.2) is 47.3 Å². The van der Waals surface area contributed by atoms with Crippen LogP contribution in [0.2, 0.25) is 0 Å². The van der Waals surface area contributed by atoms with Crippen LogP contribution in [0.5, 0.6) is 0 Å². The van der Waals surface area contributed by atoms with Crippen molar-refractivity contribution in [2.75, 3.05) is 5.75 Å². The average Bonchev–Trinajstić information content (AvgIpc) is 2.32. The zero-order chi connectivity index (χ0) is 13.7. The van der Waals surface area contributed by atoms with Crippen LogP contribution >= 0.6 is 45.8 Å². The molecule has 17 heavy (non-hydrogen) atoms. The number of carboxylic acids is 2. The van der Waals surface area contributed by atoms with Gasteiger partial charge in [-0.05, 0) is 12.7 Å². The highest BCUT2D eigenvalue weighted by Gasteiger charge is 2.44. The first-order valence-electron chi connectivity index (χ1n) is 4.63. The van der Waals surface area contributed by atoms with Gasteiger partial charge in [-0.2, -0.15) is 9.16 Å². The van der Waals surface area contributed by atoms with Crippen LogP contribution < -0.4 is 0 Å². The second-order valence-corrected chi connectivity index (χ2v) is 10.8. The first-order chi connectivity index (χ1) is 7.77. The average molecular weight is 314 g/mol. The second-order valence-electron chi connectivity index (χ2n) is 3.82. The van der Waals surface area contributed by atoms with Gasteiger partial charge in [0.05, 0.1) is 11.7 Å². The maximum Gasteiger partial charge on any atom is 0.314 e. The molecule has 0 aliphatic rings. The zero-order valence-corrected chi connectivity index (χ0v) is 12.5. The highest BCUT2D eigenvalue weighted by Crippen LogP contribution is 2.67. The van der Waals surface area contributed by atoms with E-state index >= 15 is 0 Å². The Morgan fingerprint density at radius 2 is 1.59 bits per heavy atom. The van der Waals surface area contributed by atoms with Gasteiger partial charge in [0, 0.05) is 14.1 Å². The minimum atomic E-state index is -3.39. The summed E-state index contributed by atoms with van der Waals surface area (Å²) in [6.07, 6.45) is -0.205. The molecular formula is C9H14O4S4. The fourth-order valence-corrected chi connectivity index (χ4v) is 8.35. The molecule has 0 aromatic rings. The molecule has 0 bridgehead atoms. The Balaban J connectivity index is 5.68. The van der Waals surface area contributed by atoms with E-state index in [1.165, 1.54) is 21.0 Å². The fourth-order valence-electron chi connectivity index (χ4n) is 1.32. The summed E-state index contributed by atoms with van der Waals surface area (Å²) in [7, 11) is -3.39. The summed E-state index contributed by atoms with van der Waals surface area (Å²) < 4.78 is 3.90. The van der Waals surface area contributed by atoms with Crippen molar-refractivity contribution in [3.05, 3.63) is 0 Å². The van der Waals surface area contributed by atoms with Gasteiger partial charge in [-0.25, -0.2) is 0 Å². The van der Waals surface area contributed by atoms with E-state index in [2.05, 4.69) is 0 Å². The number of thiocarbonyl (C=S) groups is 3. The molecule has 0 heterocycles. The lowest BCUT2D eigenvalue weighted by Crippen LogP contribution is -2.40. The fraction of sp³-hybridized carbons (Fsp3) is 0.444. The molecular weight excluding hydrogens is 300 g/mol. The Kier molecular flexibility index (Phi) is 5.79. The highest BCUT2D eigenvalue weighted by atomic mass is 32.3. The first-order valence-corrected chi connectivity index (χ1v) is 8.74. The van der Waals surface area contributed by atoms with Crippen molar-refractivity contribution in [3.63, 3.8) is 0 Å². The minimum Gasteiger partial charge on any atom is -0.481 e. The third-order valence-corrected chi connectivity index (χ3v) is 12.5. The van der Waals surface area contributed by atoms with Crippen LogP contribution in [0.1, 0.15) is 13.3 Å². The van der Waals surface area contributed by atoms with Crippen molar-refractivity contribution in [1.29, 1.82) is 0 Å². The number of carbonyl (C=O) groups is 2. The Hall–Kier alpha value is -0.440. The van der Waals surface area contributed by atoms with Crippen molar-refractivity contribution in [1.82, 2.24) is 0 Å². The smallest absolute Gasteiger partial charge is 0.314 e. The summed E-state index contributed by atoms with van der Waals surface area (Å²) >= 11 is 14.8. The Morgan fingerprint density at radius 1 is 1.18 bits per heavy atom. The van der Waals surface area contributed by atoms with E-state index in [9.17, 15) is 9.59 Å². The van der Waals surface area contributed by atoms with E-state index < -0.39 is 26.3 Å². The van der Waals surface area contributed by atoms with Crippen LogP contribution in [0, 0.1) is 0 Å². The molecule has 0 rings (SSSR count). The summed E-state index contributed by atoms with van der Waals surface area (Å²) in [4.78, 5) is 21.8. The van der Waals surface area contributed by atoms with Crippen molar-refractivity contribution >= 4 is 71.9 Å². The van der Waals surface area contributed by atoms with Gasteiger partial charge in [-0.1, -0.05) is 36.7 Å². The minimum absolute atomic E-state index is 0.0743. The molecule has 0 saturated carbocycles. The predicted octanol–water partition coefficient (Wildman–Crippen LogP) is 1.88.